The average molecular weight is 216 g/mol. The first-order valence-corrected chi connectivity index (χ1v) is 6.30. The van der Waals surface area contributed by atoms with E-state index in [1.807, 2.05) is 13.8 Å². The molecule has 84 valence electrons. The van der Waals surface area contributed by atoms with Crippen LogP contribution in [0.4, 0.5) is 0 Å². The standard InChI is InChI=1S/C14H16O2/c1-14(2)12(15)10-6-3-4-7(9-5-8(6)9)11(10)13(14)16/h3-4,6-11H,5H2,1-2H3/t6-,7-,8-,9-,10-,11+/m0/s1. The van der Waals surface area contributed by atoms with E-state index in [0.717, 1.165) is 11.8 Å². The largest absolute Gasteiger partial charge is 0.298 e. The Balaban J connectivity index is 1.88. The van der Waals surface area contributed by atoms with Gasteiger partial charge in [0, 0.05) is 11.8 Å². The van der Waals surface area contributed by atoms with E-state index in [9.17, 15) is 9.59 Å². The molecule has 0 spiro atoms. The van der Waals surface area contributed by atoms with E-state index in [-0.39, 0.29) is 23.4 Å². The lowest BCUT2D eigenvalue weighted by Gasteiger charge is -2.39. The monoisotopic (exact) mass is 216 g/mol. The zero-order valence-electron chi connectivity index (χ0n) is 9.64. The summed E-state index contributed by atoms with van der Waals surface area (Å²) in [6.07, 6.45) is 5.70. The van der Waals surface area contributed by atoms with E-state index in [0.29, 0.717) is 11.8 Å². The Hall–Kier alpha value is -0.920. The Labute approximate surface area is 95.1 Å². The van der Waals surface area contributed by atoms with Crippen molar-refractivity contribution in [2.75, 3.05) is 0 Å². The molecule has 0 amide bonds. The first-order chi connectivity index (χ1) is 7.53. The van der Waals surface area contributed by atoms with Gasteiger partial charge in [0.05, 0.1) is 5.41 Å². The molecule has 0 aromatic rings. The van der Waals surface area contributed by atoms with Crippen molar-refractivity contribution in [3.63, 3.8) is 0 Å². The van der Waals surface area contributed by atoms with E-state index in [1.54, 1.807) is 0 Å². The van der Waals surface area contributed by atoms with Crippen LogP contribution in [0.3, 0.4) is 0 Å². The van der Waals surface area contributed by atoms with Gasteiger partial charge in [0.2, 0.25) is 0 Å². The molecule has 0 unspecified atom stereocenters. The predicted octanol–water partition coefficient (Wildman–Crippen LogP) is 1.85. The van der Waals surface area contributed by atoms with Crippen LogP contribution in [0.25, 0.3) is 0 Å². The molecular formula is C14H16O2. The Morgan fingerprint density at radius 1 is 1.00 bits per heavy atom. The van der Waals surface area contributed by atoms with Crippen molar-refractivity contribution >= 4 is 11.6 Å². The van der Waals surface area contributed by atoms with Crippen LogP contribution in [0, 0.1) is 40.9 Å². The van der Waals surface area contributed by atoms with Gasteiger partial charge in [0.1, 0.15) is 11.6 Å². The summed E-state index contributed by atoms with van der Waals surface area (Å²) in [5.74, 6) is 2.71. The Morgan fingerprint density at radius 3 is 1.88 bits per heavy atom. The molecule has 0 aromatic carbocycles. The maximum absolute atomic E-state index is 12.4. The van der Waals surface area contributed by atoms with Crippen molar-refractivity contribution in [2.45, 2.75) is 20.3 Å². The van der Waals surface area contributed by atoms with Crippen LogP contribution in [0.5, 0.6) is 0 Å². The third-order valence-corrected chi connectivity index (χ3v) is 5.49. The zero-order valence-corrected chi connectivity index (χ0v) is 9.64. The highest BCUT2D eigenvalue weighted by Gasteiger charge is 2.68. The van der Waals surface area contributed by atoms with Crippen molar-refractivity contribution < 1.29 is 9.59 Å². The highest BCUT2D eigenvalue weighted by molar-refractivity contribution is 6.15. The molecule has 0 saturated heterocycles. The summed E-state index contributed by atoms with van der Waals surface area (Å²) >= 11 is 0. The molecule has 3 fully saturated rings. The molecule has 2 bridgehead atoms. The summed E-state index contributed by atoms with van der Waals surface area (Å²) in [6, 6.07) is 0. The fourth-order valence-electron chi connectivity index (χ4n) is 4.54. The Kier molecular flexibility index (Phi) is 1.34. The molecule has 3 saturated carbocycles. The van der Waals surface area contributed by atoms with Gasteiger partial charge in [-0.05, 0) is 43.9 Å². The highest BCUT2D eigenvalue weighted by atomic mass is 16.2. The number of ketones is 2. The van der Waals surface area contributed by atoms with Crippen molar-refractivity contribution in [3.8, 4) is 0 Å². The number of hydrogen-bond acceptors (Lipinski definition) is 2. The minimum atomic E-state index is -0.714. The lowest BCUT2D eigenvalue weighted by Crippen LogP contribution is -2.40. The SMILES string of the molecule is CC1(C)C(=O)[C@@H]2[C@H]3C=C[C@@H]([C@@H]4C[C@@H]34)[C@@H]2C1=O. The molecule has 16 heavy (non-hydrogen) atoms. The minimum Gasteiger partial charge on any atom is -0.298 e. The van der Waals surface area contributed by atoms with E-state index >= 15 is 0 Å². The van der Waals surface area contributed by atoms with Crippen LogP contribution < -0.4 is 0 Å². The lowest BCUT2D eigenvalue weighted by molar-refractivity contribution is -0.134. The van der Waals surface area contributed by atoms with Crippen molar-refractivity contribution in [3.05, 3.63) is 12.2 Å². The van der Waals surface area contributed by atoms with E-state index in [1.165, 1.54) is 6.42 Å². The van der Waals surface area contributed by atoms with Gasteiger partial charge in [0.15, 0.2) is 0 Å². The van der Waals surface area contributed by atoms with Gasteiger partial charge in [-0.2, -0.15) is 0 Å². The molecule has 5 aliphatic rings. The second-order valence-corrected chi connectivity index (χ2v) is 6.51. The normalized spacial score (nSPS) is 55.1. The summed E-state index contributed by atoms with van der Waals surface area (Å²) in [5, 5.41) is 0. The molecular weight excluding hydrogens is 200 g/mol. The van der Waals surface area contributed by atoms with Gasteiger partial charge in [-0.1, -0.05) is 12.2 Å². The van der Waals surface area contributed by atoms with Crippen LogP contribution in [0.1, 0.15) is 20.3 Å². The molecule has 0 heterocycles. The van der Waals surface area contributed by atoms with Crippen LogP contribution in [0.2, 0.25) is 0 Å². The smallest absolute Gasteiger partial charge is 0.150 e. The van der Waals surface area contributed by atoms with Gasteiger partial charge in [0.25, 0.3) is 0 Å². The van der Waals surface area contributed by atoms with Crippen molar-refractivity contribution in [1.82, 2.24) is 0 Å². The van der Waals surface area contributed by atoms with Crippen LogP contribution in [-0.2, 0) is 9.59 Å². The number of rotatable bonds is 0. The number of Topliss-reactive ketones (excluding diaryl/α,β-unsaturated/α-hetero) is 2. The van der Waals surface area contributed by atoms with E-state index < -0.39 is 5.41 Å². The number of carbonyl (C=O) groups excluding carboxylic acids is 2. The summed E-state index contributed by atoms with van der Waals surface area (Å²) in [7, 11) is 0. The zero-order chi connectivity index (χ0) is 11.2. The first-order valence-electron chi connectivity index (χ1n) is 6.30. The molecule has 0 aromatic heterocycles. The van der Waals surface area contributed by atoms with Gasteiger partial charge >= 0.3 is 0 Å². The third-order valence-electron chi connectivity index (χ3n) is 5.49. The van der Waals surface area contributed by atoms with Crippen LogP contribution in [-0.4, -0.2) is 11.6 Å². The number of allylic oxidation sites excluding steroid dienone is 2. The molecule has 0 aliphatic heterocycles. The van der Waals surface area contributed by atoms with Gasteiger partial charge in [-0.15, -0.1) is 0 Å². The first kappa shape index (κ1) is 9.15. The van der Waals surface area contributed by atoms with E-state index in [2.05, 4.69) is 12.2 Å². The highest BCUT2D eigenvalue weighted by Crippen LogP contribution is 2.67. The minimum absolute atomic E-state index is 0.0289. The van der Waals surface area contributed by atoms with E-state index in [4.69, 9.17) is 0 Å². The van der Waals surface area contributed by atoms with Crippen LogP contribution in [0.15, 0.2) is 12.2 Å². The summed E-state index contributed by atoms with van der Waals surface area (Å²) in [6.45, 7) is 3.64. The topological polar surface area (TPSA) is 34.1 Å². The van der Waals surface area contributed by atoms with Crippen molar-refractivity contribution in [1.29, 1.82) is 0 Å². The third kappa shape index (κ3) is 0.761. The molecule has 2 heteroatoms. The number of carbonyl (C=O) groups is 2. The Morgan fingerprint density at radius 2 is 1.44 bits per heavy atom. The molecule has 0 radical (unpaired) electrons. The fraction of sp³-hybridized carbons (Fsp3) is 0.714. The summed E-state index contributed by atoms with van der Waals surface area (Å²) in [4.78, 5) is 24.7. The summed E-state index contributed by atoms with van der Waals surface area (Å²) in [5.41, 5.74) is -0.714. The van der Waals surface area contributed by atoms with Gasteiger partial charge in [-0.25, -0.2) is 0 Å². The fourth-order valence-corrected chi connectivity index (χ4v) is 4.54. The number of hydrogen-bond donors (Lipinski definition) is 0. The quantitative estimate of drug-likeness (QED) is 0.457. The molecule has 5 aliphatic carbocycles. The maximum atomic E-state index is 12.4. The predicted molar refractivity (Wildman–Crippen MR) is 58.5 cm³/mol. The summed E-state index contributed by atoms with van der Waals surface area (Å²) < 4.78 is 0. The second kappa shape index (κ2) is 2.34. The maximum Gasteiger partial charge on any atom is 0.150 e. The van der Waals surface area contributed by atoms with Crippen molar-refractivity contribution in [2.24, 2.45) is 40.9 Å². The second-order valence-electron chi connectivity index (χ2n) is 6.51. The molecule has 2 nitrogen and oxygen atoms in total. The van der Waals surface area contributed by atoms with Gasteiger partial charge < -0.3 is 0 Å². The Bertz CT molecular complexity index is 408. The lowest BCUT2D eigenvalue weighted by atomic mass is 9.63. The molecule has 0 N–H and O–H groups in total. The van der Waals surface area contributed by atoms with Crippen LogP contribution >= 0.6 is 0 Å². The van der Waals surface area contributed by atoms with Gasteiger partial charge in [-0.3, -0.25) is 9.59 Å². The molecule has 6 atom stereocenters. The average Bonchev–Trinajstić information content (AvgIpc) is 3.03. The molecule has 5 rings (SSSR count).